The number of rotatable bonds is 6. The number of sulfonamides is 1. The Kier molecular flexibility index (Phi) is 6.60. The second kappa shape index (κ2) is 9.01. The van der Waals surface area contributed by atoms with Gasteiger partial charge < -0.3 is 9.80 Å². The van der Waals surface area contributed by atoms with E-state index in [1.54, 1.807) is 6.20 Å². The summed E-state index contributed by atoms with van der Waals surface area (Å²) < 4.78 is 30.9. The van der Waals surface area contributed by atoms with Crippen LogP contribution in [0.2, 0.25) is 0 Å². The fourth-order valence-corrected chi connectivity index (χ4v) is 7.91. The van der Waals surface area contributed by atoms with Crippen molar-refractivity contribution >= 4 is 53.2 Å². The summed E-state index contributed by atoms with van der Waals surface area (Å²) in [5.74, 6) is 0.771. The normalized spacial score (nSPS) is 19.0. The molecule has 0 saturated carbocycles. The molecule has 2 aromatic rings. The summed E-state index contributed by atoms with van der Waals surface area (Å²) in [6.07, 6.45) is 9.47. The van der Waals surface area contributed by atoms with E-state index in [4.69, 9.17) is 0 Å². The number of thiophene rings is 1. The quantitative estimate of drug-likeness (QED) is 0.610. The number of nitrogens with one attached hydrogen (secondary N) is 1. The molecule has 6 nitrogen and oxygen atoms in total. The predicted molar refractivity (Wildman–Crippen MR) is 123 cm³/mol. The van der Waals surface area contributed by atoms with Crippen LogP contribution in [-0.2, 0) is 10.0 Å². The lowest BCUT2D eigenvalue weighted by Gasteiger charge is -2.33. The summed E-state index contributed by atoms with van der Waals surface area (Å²) in [6.45, 7) is 4.01. The Hall–Kier alpha value is -1.00. The van der Waals surface area contributed by atoms with Crippen molar-refractivity contribution in [2.45, 2.75) is 37.0 Å². The Bertz CT molecular complexity index is 1010. The largest absolute Gasteiger partial charge is 0.353 e. The first-order chi connectivity index (χ1) is 14.0. The third-order valence-corrected chi connectivity index (χ3v) is 9.44. The number of hydrogen-bond donors (Lipinski definition) is 1. The van der Waals surface area contributed by atoms with Crippen molar-refractivity contribution < 1.29 is 8.42 Å². The minimum Gasteiger partial charge on any atom is -0.353 e. The molecule has 0 radical (unpaired) electrons. The first kappa shape index (κ1) is 21.2. The summed E-state index contributed by atoms with van der Waals surface area (Å²) in [6, 6.07) is 1.90. The molecule has 1 N–H and O–H groups in total. The second-order valence-electron chi connectivity index (χ2n) is 7.76. The number of piperazine rings is 1. The first-order valence-corrected chi connectivity index (χ1v) is 13.2. The zero-order chi connectivity index (χ0) is 20.4. The lowest BCUT2D eigenvalue weighted by molar-refractivity contribution is 0.312. The van der Waals surface area contributed by atoms with Gasteiger partial charge in [0.25, 0.3) is 0 Å². The van der Waals surface area contributed by atoms with E-state index in [1.165, 1.54) is 29.8 Å². The molecule has 1 aliphatic heterocycles. The smallest absolute Gasteiger partial charge is 0.243 e. The number of nitrogens with zero attached hydrogens (tertiary/aromatic N) is 3. The molecular formula is C20H27BrN4O2S2. The average molecular weight is 500 g/mol. The Morgan fingerprint density at radius 2 is 2.03 bits per heavy atom. The van der Waals surface area contributed by atoms with E-state index in [1.807, 2.05) is 6.07 Å². The van der Waals surface area contributed by atoms with E-state index in [0.29, 0.717) is 15.2 Å². The number of fused-ring (bicyclic) bond motifs is 1. The number of pyridine rings is 1. The van der Waals surface area contributed by atoms with Crippen LogP contribution in [0.5, 0.6) is 0 Å². The monoisotopic (exact) mass is 498 g/mol. The van der Waals surface area contributed by atoms with Gasteiger partial charge in [0.15, 0.2) is 0 Å². The molecule has 2 aromatic heterocycles. The molecule has 0 aromatic carbocycles. The van der Waals surface area contributed by atoms with Crippen molar-refractivity contribution in [1.29, 1.82) is 0 Å². The summed E-state index contributed by atoms with van der Waals surface area (Å²) in [5, 5.41) is 0.735. The highest BCUT2D eigenvalue weighted by molar-refractivity contribution is 9.11. The number of allylic oxidation sites excluding steroid dienone is 1. The van der Waals surface area contributed by atoms with E-state index in [9.17, 15) is 8.42 Å². The average Bonchev–Trinajstić information content (AvgIpc) is 3.06. The highest BCUT2D eigenvalue weighted by Crippen LogP contribution is 2.42. The van der Waals surface area contributed by atoms with Gasteiger partial charge in [0.05, 0.1) is 9.17 Å². The van der Waals surface area contributed by atoms with Gasteiger partial charge >= 0.3 is 0 Å². The van der Waals surface area contributed by atoms with Crippen molar-refractivity contribution in [3.05, 3.63) is 27.7 Å². The van der Waals surface area contributed by atoms with Gasteiger partial charge in [0.1, 0.15) is 10.7 Å². The molecule has 1 saturated heterocycles. The summed E-state index contributed by atoms with van der Waals surface area (Å²) in [5.41, 5.74) is 1.37. The molecule has 0 atom stereocenters. The van der Waals surface area contributed by atoms with Gasteiger partial charge in [-0.15, -0.1) is 11.3 Å². The molecule has 4 rings (SSSR count). The van der Waals surface area contributed by atoms with Gasteiger partial charge in [0.2, 0.25) is 10.0 Å². The zero-order valence-electron chi connectivity index (χ0n) is 16.7. The molecule has 3 heterocycles. The molecule has 1 aliphatic carbocycles. The molecule has 0 spiro atoms. The van der Waals surface area contributed by atoms with E-state index >= 15 is 0 Å². The van der Waals surface area contributed by atoms with Gasteiger partial charge in [-0.1, -0.05) is 11.6 Å². The van der Waals surface area contributed by atoms with Crippen LogP contribution in [-0.4, -0.2) is 58.1 Å². The molecule has 1 fully saturated rings. The Morgan fingerprint density at radius 3 is 2.76 bits per heavy atom. The highest BCUT2D eigenvalue weighted by Gasteiger charge is 2.28. The number of hydrogen-bond acceptors (Lipinski definition) is 6. The molecule has 158 valence electrons. The van der Waals surface area contributed by atoms with Gasteiger partial charge in [-0.25, -0.2) is 18.1 Å². The van der Waals surface area contributed by atoms with Crippen molar-refractivity contribution in [3.63, 3.8) is 0 Å². The lowest BCUT2D eigenvalue weighted by Crippen LogP contribution is -2.45. The van der Waals surface area contributed by atoms with E-state index in [-0.39, 0.29) is 0 Å². The molecule has 29 heavy (non-hydrogen) atoms. The minimum absolute atomic E-state index is 0.331. The number of halogens is 1. The fourth-order valence-electron chi connectivity index (χ4n) is 4.02. The van der Waals surface area contributed by atoms with E-state index in [0.717, 1.165) is 61.3 Å². The Labute approximate surface area is 185 Å². The lowest BCUT2D eigenvalue weighted by atomic mass is 9.97. The third kappa shape index (κ3) is 4.69. The van der Waals surface area contributed by atoms with Crippen LogP contribution < -0.4 is 9.62 Å². The van der Waals surface area contributed by atoms with E-state index in [2.05, 4.69) is 48.6 Å². The van der Waals surface area contributed by atoms with Crippen LogP contribution in [0.1, 0.15) is 32.1 Å². The molecule has 9 heteroatoms. The molecule has 0 bridgehead atoms. The highest BCUT2D eigenvalue weighted by atomic mass is 79.9. The Balaban J connectivity index is 1.62. The fraction of sp³-hybridized carbons (Fsp3) is 0.550. The standard InChI is InChI=1S/C20H27BrN4O2S2/c1-24-11-13-25(14-12-24)20-17-16(8-9-22-20)28-19(21)18(17)29(26,27)23-10-7-15-5-3-2-4-6-15/h5,8-9,23H,2-4,6-7,10-14H2,1H3. The zero-order valence-corrected chi connectivity index (χ0v) is 19.9. The predicted octanol–water partition coefficient (Wildman–Crippen LogP) is 3.98. The van der Waals surface area contributed by atoms with Crippen molar-refractivity contribution in [2.24, 2.45) is 0 Å². The van der Waals surface area contributed by atoms with Crippen LogP contribution in [0, 0.1) is 0 Å². The number of aromatic nitrogens is 1. The molecular weight excluding hydrogens is 472 g/mol. The van der Waals surface area contributed by atoms with Gasteiger partial charge in [-0.3, -0.25) is 0 Å². The van der Waals surface area contributed by atoms with Crippen molar-refractivity contribution in [1.82, 2.24) is 14.6 Å². The molecule has 2 aliphatic rings. The Morgan fingerprint density at radius 1 is 1.24 bits per heavy atom. The summed E-state index contributed by atoms with van der Waals surface area (Å²) >= 11 is 4.97. The summed E-state index contributed by atoms with van der Waals surface area (Å²) in [7, 11) is -1.53. The minimum atomic E-state index is -3.64. The van der Waals surface area contributed by atoms with E-state index < -0.39 is 10.0 Å². The maximum Gasteiger partial charge on any atom is 0.243 e. The van der Waals surface area contributed by atoms with Crippen LogP contribution >= 0.6 is 27.3 Å². The van der Waals surface area contributed by atoms with Crippen LogP contribution in [0.15, 0.2) is 32.6 Å². The van der Waals surface area contributed by atoms with Gasteiger partial charge in [-0.2, -0.15) is 0 Å². The molecule has 0 amide bonds. The van der Waals surface area contributed by atoms with Crippen molar-refractivity contribution in [3.8, 4) is 0 Å². The second-order valence-corrected chi connectivity index (χ2v) is 11.8. The molecule has 0 unspecified atom stereocenters. The van der Waals surface area contributed by atoms with Gasteiger partial charge in [-0.05, 0) is 61.1 Å². The summed E-state index contributed by atoms with van der Waals surface area (Å²) in [4.78, 5) is 9.40. The first-order valence-electron chi connectivity index (χ1n) is 10.1. The maximum atomic E-state index is 13.2. The van der Waals surface area contributed by atoms with Crippen molar-refractivity contribution in [2.75, 3.05) is 44.7 Å². The topological polar surface area (TPSA) is 65.5 Å². The van der Waals surface area contributed by atoms with Gasteiger partial charge in [0, 0.05) is 43.6 Å². The van der Waals surface area contributed by atoms with Crippen LogP contribution in [0.4, 0.5) is 5.82 Å². The SMILES string of the molecule is CN1CCN(c2nccc3sc(Br)c(S(=O)(=O)NCCC4=CCCCC4)c23)CC1. The number of anilines is 1. The van der Waals surface area contributed by atoms with Crippen LogP contribution in [0.3, 0.4) is 0 Å². The maximum absolute atomic E-state index is 13.2. The van der Waals surface area contributed by atoms with Crippen LogP contribution in [0.25, 0.3) is 10.1 Å². The number of likely N-dealkylation sites (N-methyl/N-ethyl adjacent to an activating group) is 1. The third-order valence-electron chi connectivity index (χ3n) is 5.69.